The van der Waals surface area contributed by atoms with Gasteiger partial charge in [0.05, 0.1) is 18.8 Å². The molecule has 7 atom stereocenters. The molecule has 0 spiro atoms. The lowest BCUT2D eigenvalue weighted by atomic mass is 9.85. The van der Waals surface area contributed by atoms with Crippen LogP contribution in [-0.2, 0) is 29.1 Å². The zero-order valence-electron chi connectivity index (χ0n) is 36.0. The molecule has 1 saturated heterocycles. The van der Waals surface area contributed by atoms with Gasteiger partial charge in [0.15, 0.2) is 11.4 Å². The molecule has 15 nitrogen and oxygen atoms in total. The number of alkyl carbamates (subject to hydrolysis) is 1. The van der Waals surface area contributed by atoms with Crippen molar-refractivity contribution in [1.82, 2.24) is 25.2 Å². The van der Waals surface area contributed by atoms with Crippen LogP contribution in [0.2, 0.25) is 0 Å². The van der Waals surface area contributed by atoms with Crippen LogP contribution in [0.15, 0.2) is 36.5 Å². The minimum Gasteiger partial charge on any atom is -0.489 e. The lowest BCUT2D eigenvalue weighted by Crippen LogP contribution is -2.60. The molecule has 5 aliphatic rings. The summed E-state index contributed by atoms with van der Waals surface area (Å²) in [7, 11) is -2.49. The summed E-state index contributed by atoms with van der Waals surface area (Å²) in [4.78, 5) is 65.0. The number of nitrogens with zero attached hydrogens (tertiary/aromatic N) is 3. The first kappa shape index (κ1) is 45.2. The van der Waals surface area contributed by atoms with Crippen LogP contribution in [0.4, 0.5) is 23.7 Å². The molecule has 1 aromatic carbocycles. The molecule has 62 heavy (non-hydrogen) atoms. The van der Waals surface area contributed by atoms with Gasteiger partial charge in [-0.15, -0.1) is 0 Å². The number of likely N-dealkylation sites (N-methyl/N-ethyl adjacent to an activating group) is 1. The third-order valence-corrected chi connectivity index (χ3v) is 15.6. The highest BCUT2D eigenvalue weighted by Gasteiger charge is 2.64. The molecule has 0 radical (unpaired) electrons. The fraction of sp³-hybridized carbons (Fsp3) is 0.651. The Morgan fingerprint density at radius 2 is 1.85 bits per heavy atom. The van der Waals surface area contributed by atoms with E-state index in [2.05, 4.69) is 25.2 Å². The molecule has 4 amide bonds. The SMILES string of the molecule is CC[C@@H]1C[C@H](C)CC/C=C\[C@@H]2C[C@@]2(C(=O)NS(=O)(=O)C2(CF)CC2)NC(=O)[C@@H]2C[C@@H](Oc3nccc4c5c(ccc34)N(C)CCO5)CN2C(=O)[C@H]1NC(=O)OC(C)(C)C(C)(F)F. The summed E-state index contributed by atoms with van der Waals surface area (Å²) < 4.78 is 87.6. The van der Waals surface area contributed by atoms with Gasteiger partial charge in [-0.25, -0.2) is 31.4 Å². The van der Waals surface area contributed by atoms with E-state index >= 15 is 4.79 Å². The number of anilines is 1. The Morgan fingerprint density at radius 1 is 1.11 bits per heavy atom. The summed E-state index contributed by atoms with van der Waals surface area (Å²) in [6.07, 6.45) is 5.09. The maximum Gasteiger partial charge on any atom is 0.408 e. The summed E-state index contributed by atoms with van der Waals surface area (Å²) in [6, 6.07) is 2.88. The molecular weight excluding hydrogens is 834 g/mol. The first-order valence-corrected chi connectivity index (χ1v) is 22.9. The highest BCUT2D eigenvalue weighted by Crippen LogP contribution is 2.48. The molecule has 2 aliphatic carbocycles. The largest absolute Gasteiger partial charge is 0.489 e. The third-order valence-electron chi connectivity index (χ3n) is 13.5. The Balaban J connectivity index is 1.24. The first-order chi connectivity index (χ1) is 29.2. The number of benzene rings is 1. The van der Waals surface area contributed by atoms with Crippen molar-refractivity contribution in [3.63, 3.8) is 0 Å². The molecule has 0 unspecified atom stereocenters. The fourth-order valence-corrected chi connectivity index (χ4v) is 10.2. The summed E-state index contributed by atoms with van der Waals surface area (Å²) in [5, 5.41) is 6.73. The number of rotatable bonds is 10. The normalized spacial score (nSPS) is 29.4. The zero-order valence-corrected chi connectivity index (χ0v) is 36.8. The molecule has 1 aromatic heterocycles. The highest BCUT2D eigenvalue weighted by atomic mass is 32.2. The van der Waals surface area contributed by atoms with E-state index in [1.165, 1.54) is 4.90 Å². The summed E-state index contributed by atoms with van der Waals surface area (Å²) >= 11 is 0. The Bertz CT molecular complexity index is 2230. The number of carbonyl (C=O) groups is 4. The number of hydrogen-bond acceptors (Lipinski definition) is 11. The van der Waals surface area contributed by atoms with Crippen molar-refractivity contribution in [1.29, 1.82) is 0 Å². The predicted molar refractivity (Wildman–Crippen MR) is 223 cm³/mol. The average Bonchev–Trinajstić information content (AvgIpc) is 4.11. The number of hydrogen-bond donors (Lipinski definition) is 3. The molecule has 3 aliphatic heterocycles. The van der Waals surface area contributed by atoms with Crippen molar-refractivity contribution in [2.75, 3.05) is 38.3 Å². The van der Waals surface area contributed by atoms with E-state index in [1.54, 1.807) is 18.3 Å². The molecule has 2 saturated carbocycles. The number of pyridine rings is 1. The molecule has 7 rings (SSSR count). The van der Waals surface area contributed by atoms with Crippen LogP contribution in [0, 0.1) is 17.8 Å². The fourth-order valence-electron chi connectivity index (χ4n) is 8.75. The Labute approximate surface area is 359 Å². The molecular formula is C43H57F3N6O9S. The molecule has 3 N–H and O–H groups in total. The summed E-state index contributed by atoms with van der Waals surface area (Å²) in [5.74, 6) is -6.23. The number of aromatic nitrogens is 1. The maximum absolute atomic E-state index is 15.1. The van der Waals surface area contributed by atoms with E-state index < -0.39 is 92.3 Å². The lowest BCUT2D eigenvalue weighted by Gasteiger charge is -2.35. The van der Waals surface area contributed by atoms with Gasteiger partial charge in [-0.05, 0) is 82.4 Å². The number of fused-ring (bicyclic) bond motifs is 5. The van der Waals surface area contributed by atoms with Gasteiger partial charge in [0, 0.05) is 43.3 Å². The van der Waals surface area contributed by atoms with Gasteiger partial charge in [0.1, 0.15) is 41.8 Å². The average molecular weight is 891 g/mol. The number of alkyl halides is 3. The third kappa shape index (κ3) is 8.61. The van der Waals surface area contributed by atoms with Crippen molar-refractivity contribution in [2.45, 2.75) is 126 Å². The van der Waals surface area contributed by atoms with Crippen molar-refractivity contribution < 1.29 is 55.0 Å². The van der Waals surface area contributed by atoms with Gasteiger partial charge in [-0.2, -0.15) is 0 Å². The number of nitrogens with one attached hydrogen (secondary N) is 3. The summed E-state index contributed by atoms with van der Waals surface area (Å²) in [5.41, 5.74) is -3.09. The smallest absolute Gasteiger partial charge is 0.408 e. The quantitative estimate of drug-likeness (QED) is 0.268. The second-order valence-electron chi connectivity index (χ2n) is 18.3. The lowest BCUT2D eigenvalue weighted by molar-refractivity contribution is -0.152. The first-order valence-electron chi connectivity index (χ1n) is 21.4. The molecule has 2 aromatic rings. The number of amides is 4. The van der Waals surface area contributed by atoms with E-state index in [9.17, 15) is 36.0 Å². The molecule has 19 heteroatoms. The van der Waals surface area contributed by atoms with E-state index in [0.717, 1.165) is 24.9 Å². The maximum atomic E-state index is 15.1. The minimum atomic E-state index is -4.45. The number of sulfonamides is 1. The van der Waals surface area contributed by atoms with Gasteiger partial charge >= 0.3 is 6.09 Å². The van der Waals surface area contributed by atoms with Gasteiger partial charge in [0.2, 0.25) is 27.7 Å². The molecule has 3 fully saturated rings. The van der Waals surface area contributed by atoms with Gasteiger partial charge in [-0.3, -0.25) is 19.1 Å². The molecule has 0 bridgehead atoms. The van der Waals surface area contributed by atoms with Crippen LogP contribution in [0.25, 0.3) is 10.8 Å². The van der Waals surface area contributed by atoms with E-state index in [-0.39, 0.29) is 44.0 Å². The van der Waals surface area contributed by atoms with Crippen molar-refractivity contribution >= 4 is 50.3 Å². The Hall–Kier alpha value is -4.81. The Kier molecular flexibility index (Phi) is 12.2. The number of ether oxygens (including phenoxy) is 3. The van der Waals surface area contributed by atoms with Crippen LogP contribution >= 0.6 is 0 Å². The van der Waals surface area contributed by atoms with Crippen LogP contribution in [0.5, 0.6) is 11.6 Å². The Morgan fingerprint density at radius 3 is 2.53 bits per heavy atom. The van der Waals surface area contributed by atoms with Crippen molar-refractivity contribution in [2.24, 2.45) is 17.8 Å². The minimum absolute atomic E-state index is 0.00994. The highest BCUT2D eigenvalue weighted by molar-refractivity contribution is 7.91. The van der Waals surface area contributed by atoms with Crippen molar-refractivity contribution in [3.8, 4) is 11.6 Å². The molecule has 4 heterocycles. The summed E-state index contributed by atoms with van der Waals surface area (Å²) in [6.45, 7) is 6.38. The number of halogens is 3. The van der Waals surface area contributed by atoms with Gasteiger partial charge < -0.3 is 34.6 Å². The van der Waals surface area contributed by atoms with Crippen molar-refractivity contribution in [3.05, 3.63) is 36.5 Å². The second-order valence-corrected chi connectivity index (χ2v) is 20.4. The van der Waals surface area contributed by atoms with Crippen LogP contribution < -0.4 is 29.7 Å². The monoisotopic (exact) mass is 890 g/mol. The second kappa shape index (κ2) is 16.7. The van der Waals surface area contributed by atoms with Gasteiger partial charge in [-0.1, -0.05) is 32.4 Å². The number of allylic oxidation sites excluding steroid dienone is 1. The van der Waals surface area contributed by atoms with Crippen LogP contribution in [0.3, 0.4) is 0 Å². The predicted octanol–water partition coefficient (Wildman–Crippen LogP) is 5.17. The van der Waals surface area contributed by atoms with E-state index in [0.29, 0.717) is 56.9 Å². The van der Waals surface area contributed by atoms with E-state index in [1.807, 2.05) is 39.1 Å². The number of carbonyl (C=O) groups excluding carboxylic acids is 4. The zero-order chi connectivity index (χ0) is 45.0. The van der Waals surface area contributed by atoms with Crippen LogP contribution in [0.1, 0.15) is 86.0 Å². The topological polar surface area (TPSA) is 186 Å². The standard InChI is InChI=1S/C43H57F3N6O9S/c1-7-26-20-25(2)10-8-9-11-27-22-43(27,38(55)50-62(57,58)42(24-44)15-16-42)49-35(53)32-21-28(23-52(32)37(54)33(26)48-39(56)61-40(3,4)41(5,45)46)60-36-30-12-13-31-34(29(30)14-17-47-36)59-19-18-51(31)6/h9,11-14,17,25-28,32-33H,7-8,10,15-16,18-24H2,1-6H3,(H,48,56)(H,49,53)(H,50,55)/b11-9-/t25-,26-,27-,28-,32+,33+,43-/m1/s1. The van der Waals surface area contributed by atoms with E-state index in [4.69, 9.17) is 14.2 Å². The van der Waals surface area contributed by atoms with Crippen LogP contribution in [-0.4, -0.2) is 116 Å². The van der Waals surface area contributed by atoms with Gasteiger partial charge in [0.25, 0.3) is 11.8 Å². The molecule has 340 valence electrons.